The molecule has 2 aromatic rings. The molecule has 0 spiro atoms. The molecule has 0 radical (unpaired) electrons. The number of anilines is 1. The van der Waals surface area contributed by atoms with Gasteiger partial charge in [0.1, 0.15) is 5.76 Å². The van der Waals surface area contributed by atoms with Gasteiger partial charge in [0.2, 0.25) is 5.91 Å². The number of hydrogen-bond acceptors (Lipinski definition) is 5. The van der Waals surface area contributed by atoms with Crippen LogP contribution in [0.25, 0.3) is 0 Å². The zero-order valence-corrected chi connectivity index (χ0v) is 14.9. The van der Waals surface area contributed by atoms with E-state index in [1.807, 2.05) is 18.2 Å². The van der Waals surface area contributed by atoms with Crippen molar-refractivity contribution in [3.8, 4) is 0 Å². The van der Waals surface area contributed by atoms with E-state index >= 15 is 0 Å². The Kier molecular flexibility index (Phi) is 5.91. The van der Waals surface area contributed by atoms with Gasteiger partial charge >= 0.3 is 5.91 Å². The molecule has 1 aliphatic rings. The van der Waals surface area contributed by atoms with E-state index in [0.29, 0.717) is 18.7 Å². The third-order valence-corrected chi connectivity index (χ3v) is 4.43. The lowest BCUT2D eigenvalue weighted by molar-refractivity contribution is -0.122. The minimum absolute atomic E-state index is 0.180. The number of para-hydroxylation sites is 1. The fraction of sp³-hybridized carbons (Fsp3) is 0.368. The predicted molar refractivity (Wildman–Crippen MR) is 98.8 cm³/mol. The summed E-state index contributed by atoms with van der Waals surface area (Å²) in [7, 11) is 0. The summed E-state index contributed by atoms with van der Waals surface area (Å²) >= 11 is 0. The highest BCUT2D eigenvalue weighted by Crippen LogP contribution is 2.15. The average Bonchev–Trinajstić information content (AvgIpc) is 3.12. The maximum absolute atomic E-state index is 11.9. The minimum atomic E-state index is -0.456. The number of nitrogens with zero attached hydrogens (tertiary/aromatic N) is 2. The first-order valence-electron chi connectivity index (χ1n) is 8.80. The number of aryl methyl sites for hydroxylation is 1. The largest absolute Gasteiger partial charge is 0.456 e. The Bertz CT molecular complexity index is 736. The standard InChI is InChI=1S/C19H24N4O3/c1-15-7-8-17(26-15)19(25)21-20-18(24)9-10-22-11-13-23(14-12-22)16-5-3-2-4-6-16/h2-8H,9-14H2,1H3,(H,20,24)(H,21,25). The number of amides is 2. The first-order chi connectivity index (χ1) is 12.6. The Labute approximate surface area is 152 Å². The highest BCUT2D eigenvalue weighted by molar-refractivity contribution is 5.92. The van der Waals surface area contributed by atoms with Gasteiger partial charge in [-0.1, -0.05) is 18.2 Å². The van der Waals surface area contributed by atoms with E-state index in [2.05, 4.69) is 32.8 Å². The number of furan rings is 1. The Morgan fingerprint density at radius 3 is 2.38 bits per heavy atom. The highest BCUT2D eigenvalue weighted by atomic mass is 16.3. The number of benzene rings is 1. The molecule has 0 bridgehead atoms. The van der Waals surface area contributed by atoms with Gasteiger partial charge < -0.3 is 9.32 Å². The second-order valence-electron chi connectivity index (χ2n) is 6.33. The van der Waals surface area contributed by atoms with Crippen LogP contribution in [0, 0.1) is 6.92 Å². The van der Waals surface area contributed by atoms with Crippen molar-refractivity contribution in [2.24, 2.45) is 0 Å². The Balaban J connectivity index is 1.34. The van der Waals surface area contributed by atoms with Crippen molar-refractivity contribution < 1.29 is 14.0 Å². The van der Waals surface area contributed by atoms with Gasteiger partial charge in [0.05, 0.1) is 0 Å². The van der Waals surface area contributed by atoms with Crippen LogP contribution in [0.2, 0.25) is 0 Å². The lowest BCUT2D eigenvalue weighted by Crippen LogP contribution is -2.48. The lowest BCUT2D eigenvalue weighted by Gasteiger charge is -2.36. The molecule has 3 rings (SSSR count). The van der Waals surface area contributed by atoms with Crippen molar-refractivity contribution in [1.29, 1.82) is 0 Å². The van der Waals surface area contributed by atoms with Crippen LogP contribution in [-0.2, 0) is 4.79 Å². The summed E-state index contributed by atoms with van der Waals surface area (Å²) in [6.07, 6.45) is 0.336. The molecule has 0 atom stereocenters. The molecule has 26 heavy (non-hydrogen) atoms. The fourth-order valence-corrected chi connectivity index (χ4v) is 2.94. The molecular formula is C19H24N4O3. The lowest BCUT2D eigenvalue weighted by atomic mass is 10.2. The zero-order chi connectivity index (χ0) is 18.4. The van der Waals surface area contributed by atoms with Gasteiger partial charge in [-0.25, -0.2) is 0 Å². The van der Waals surface area contributed by atoms with Gasteiger partial charge in [-0.05, 0) is 31.2 Å². The molecule has 0 aliphatic carbocycles. The summed E-state index contributed by atoms with van der Waals surface area (Å²) in [6, 6.07) is 13.6. The molecule has 1 saturated heterocycles. The van der Waals surface area contributed by atoms with Crippen LogP contribution in [0.1, 0.15) is 22.7 Å². The predicted octanol–water partition coefficient (Wildman–Crippen LogP) is 1.56. The van der Waals surface area contributed by atoms with Gasteiger partial charge in [0.15, 0.2) is 5.76 Å². The second-order valence-corrected chi connectivity index (χ2v) is 6.33. The van der Waals surface area contributed by atoms with E-state index < -0.39 is 5.91 Å². The molecule has 7 nitrogen and oxygen atoms in total. The van der Waals surface area contributed by atoms with E-state index in [1.165, 1.54) is 5.69 Å². The molecule has 1 aromatic carbocycles. The molecule has 2 amide bonds. The Morgan fingerprint density at radius 1 is 1.00 bits per heavy atom. The van der Waals surface area contributed by atoms with Gasteiger partial charge in [-0.3, -0.25) is 25.3 Å². The summed E-state index contributed by atoms with van der Waals surface area (Å²) < 4.78 is 5.20. The number of hydrogen-bond donors (Lipinski definition) is 2. The molecule has 1 fully saturated rings. The van der Waals surface area contributed by atoms with Crippen molar-refractivity contribution in [3.05, 3.63) is 54.0 Å². The zero-order valence-electron chi connectivity index (χ0n) is 14.9. The van der Waals surface area contributed by atoms with Crippen LogP contribution >= 0.6 is 0 Å². The molecule has 1 aromatic heterocycles. The number of carbonyl (C=O) groups excluding carboxylic acids is 2. The molecule has 0 saturated carbocycles. The second kappa shape index (κ2) is 8.53. The molecule has 2 heterocycles. The summed E-state index contributed by atoms with van der Waals surface area (Å²) in [5, 5.41) is 0. The fourth-order valence-electron chi connectivity index (χ4n) is 2.94. The van der Waals surface area contributed by atoms with E-state index in [9.17, 15) is 9.59 Å². The van der Waals surface area contributed by atoms with Crippen LogP contribution in [-0.4, -0.2) is 49.4 Å². The number of nitrogens with one attached hydrogen (secondary N) is 2. The molecule has 0 unspecified atom stereocenters. The topological polar surface area (TPSA) is 77.8 Å². The maximum atomic E-state index is 11.9. The monoisotopic (exact) mass is 356 g/mol. The Morgan fingerprint density at radius 2 is 1.73 bits per heavy atom. The van der Waals surface area contributed by atoms with Gasteiger partial charge in [-0.15, -0.1) is 0 Å². The van der Waals surface area contributed by atoms with E-state index in [0.717, 1.165) is 26.2 Å². The summed E-state index contributed by atoms with van der Waals surface area (Å²) in [4.78, 5) is 28.3. The van der Waals surface area contributed by atoms with E-state index in [1.54, 1.807) is 19.1 Å². The van der Waals surface area contributed by atoms with Gasteiger partial charge in [-0.2, -0.15) is 0 Å². The smallest absolute Gasteiger partial charge is 0.305 e. The first kappa shape index (κ1) is 18.0. The molecule has 1 aliphatic heterocycles. The summed E-state index contributed by atoms with van der Waals surface area (Å²) in [5.41, 5.74) is 6.04. The van der Waals surface area contributed by atoms with Crippen molar-refractivity contribution in [2.45, 2.75) is 13.3 Å². The van der Waals surface area contributed by atoms with Gasteiger partial charge in [0, 0.05) is 44.8 Å². The number of carbonyl (C=O) groups is 2. The quantitative estimate of drug-likeness (QED) is 0.795. The highest BCUT2D eigenvalue weighted by Gasteiger charge is 2.18. The minimum Gasteiger partial charge on any atom is -0.456 e. The normalized spacial score (nSPS) is 14.9. The molecular weight excluding hydrogens is 332 g/mol. The summed E-state index contributed by atoms with van der Waals surface area (Å²) in [5.74, 6) is 0.158. The summed E-state index contributed by atoms with van der Waals surface area (Å²) in [6.45, 7) is 6.15. The van der Waals surface area contributed by atoms with Crippen molar-refractivity contribution in [2.75, 3.05) is 37.6 Å². The van der Waals surface area contributed by atoms with Crippen LogP contribution in [0.15, 0.2) is 46.9 Å². The molecule has 2 N–H and O–H groups in total. The molecule has 138 valence electrons. The van der Waals surface area contributed by atoms with E-state index in [-0.39, 0.29) is 11.7 Å². The average molecular weight is 356 g/mol. The Hall–Kier alpha value is -2.80. The van der Waals surface area contributed by atoms with Gasteiger partial charge in [0.25, 0.3) is 0 Å². The first-order valence-corrected chi connectivity index (χ1v) is 8.80. The number of hydrazine groups is 1. The van der Waals surface area contributed by atoms with Crippen LogP contribution in [0.5, 0.6) is 0 Å². The van der Waals surface area contributed by atoms with Crippen LogP contribution < -0.4 is 15.8 Å². The number of rotatable bonds is 5. The third kappa shape index (κ3) is 4.86. The van der Waals surface area contributed by atoms with E-state index in [4.69, 9.17) is 4.42 Å². The van der Waals surface area contributed by atoms with Crippen LogP contribution in [0.3, 0.4) is 0 Å². The van der Waals surface area contributed by atoms with Crippen molar-refractivity contribution in [1.82, 2.24) is 15.8 Å². The van der Waals surface area contributed by atoms with Crippen molar-refractivity contribution >= 4 is 17.5 Å². The maximum Gasteiger partial charge on any atom is 0.305 e. The van der Waals surface area contributed by atoms with Crippen molar-refractivity contribution in [3.63, 3.8) is 0 Å². The number of piperazine rings is 1. The van der Waals surface area contributed by atoms with Crippen LogP contribution in [0.4, 0.5) is 5.69 Å². The third-order valence-electron chi connectivity index (χ3n) is 4.43. The molecule has 7 heteroatoms. The SMILES string of the molecule is Cc1ccc(C(=O)NNC(=O)CCN2CCN(c3ccccc3)CC2)o1.